The topological polar surface area (TPSA) is 54.7 Å². The molecule has 0 amide bonds. The Morgan fingerprint density at radius 2 is 1.94 bits per heavy atom. The van der Waals surface area contributed by atoms with Crippen LogP contribution in [-0.2, 0) is 6.54 Å². The Bertz CT molecular complexity index is 396. The van der Waals surface area contributed by atoms with Crippen molar-refractivity contribution in [1.29, 1.82) is 5.26 Å². The minimum atomic E-state index is 0.633. The standard InChI is InChI=1S/C13H21N3/c1-4-5-6-7-8-16-11(3)10(2)12(9-14)13(16)15/h4-8,15H2,1-3H3. The smallest absolute Gasteiger partial charge is 0.122 e. The fourth-order valence-electron chi connectivity index (χ4n) is 2.02. The number of nitriles is 1. The van der Waals surface area contributed by atoms with Crippen molar-refractivity contribution in [3.8, 4) is 6.07 Å². The Hall–Kier alpha value is -1.43. The Balaban J connectivity index is 2.77. The van der Waals surface area contributed by atoms with Crippen molar-refractivity contribution in [2.45, 2.75) is 53.0 Å². The molecule has 88 valence electrons. The summed E-state index contributed by atoms with van der Waals surface area (Å²) in [5, 5.41) is 9.00. The molecule has 1 aromatic heterocycles. The first kappa shape index (κ1) is 12.6. The number of nitrogens with zero attached hydrogens (tertiary/aromatic N) is 2. The van der Waals surface area contributed by atoms with E-state index in [0.29, 0.717) is 11.4 Å². The van der Waals surface area contributed by atoms with Crippen molar-refractivity contribution in [2.24, 2.45) is 0 Å². The van der Waals surface area contributed by atoms with Crippen LogP contribution >= 0.6 is 0 Å². The fraction of sp³-hybridized carbons (Fsp3) is 0.615. The van der Waals surface area contributed by atoms with Gasteiger partial charge in [0.25, 0.3) is 0 Å². The summed E-state index contributed by atoms with van der Waals surface area (Å²) in [5.41, 5.74) is 8.77. The van der Waals surface area contributed by atoms with Crippen molar-refractivity contribution >= 4 is 5.82 Å². The van der Waals surface area contributed by atoms with Gasteiger partial charge in [0, 0.05) is 12.2 Å². The minimum absolute atomic E-state index is 0.633. The number of hydrogen-bond donors (Lipinski definition) is 1. The molecule has 0 spiro atoms. The number of rotatable bonds is 5. The van der Waals surface area contributed by atoms with Crippen LogP contribution in [0, 0.1) is 25.2 Å². The molecule has 3 nitrogen and oxygen atoms in total. The van der Waals surface area contributed by atoms with Crippen molar-refractivity contribution in [1.82, 2.24) is 4.57 Å². The number of anilines is 1. The lowest BCUT2D eigenvalue weighted by atomic mass is 10.2. The van der Waals surface area contributed by atoms with Crippen LogP contribution in [0.1, 0.15) is 49.4 Å². The molecule has 0 atom stereocenters. The molecule has 1 rings (SSSR count). The van der Waals surface area contributed by atoms with Crippen LogP contribution in [-0.4, -0.2) is 4.57 Å². The average molecular weight is 219 g/mol. The van der Waals surface area contributed by atoms with Gasteiger partial charge in [-0.1, -0.05) is 26.2 Å². The Morgan fingerprint density at radius 1 is 1.25 bits per heavy atom. The van der Waals surface area contributed by atoms with E-state index in [0.717, 1.165) is 24.2 Å². The molecule has 0 aliphatic carbocycles. The molecule has 0 aliphatic rings. The molecule has 0 fully saturated rings. The van der Waals surface area contributed by atoms with Gasteiger partial charge in [-0.05, 0) is 25.8 Å². The number of unbranched alkanes of at least 4 members (excludes halogenated alkanes) is 3. The quantitative estimate of drug-likeness (QED) is 0.773. The number of aromatic nitrogens is 1. The van der Waals surface area contributed by atoms with E-state index in [4.69, 9.17) is 11.0 Å². The lowest BCUT2D eigenvalue weighted by molar-refractivity contribution is 0.580. The van der Waals surface area contributed by atoms with Crippen molar-refractivity contribution in [2.75, 3.05) is 5.73 Å². The summed E-state index contributed by atoms with van der Waals surface area (Å²) in [5.74, 6) is 0.633. The molecular weight excluding hydrogens is 198 g/mol. The molecule has 0 bridgehead atoms. The van der Waals surface area contributed by atoms with E-state index in [-0.39, 0.29) is 0 Å². The maximum absolute atomic E-state index is 9.00. The Kier molecular flexibility index (Phi) is 4.42. The first-order chi connectivity index (χ1) is 7.63. The largest absolute Gasteiger partial charge is 0.384 e. The van der Waals surface area contributed by atoms with E-state index >= 15 is 0 Å². The van der Waals surface area contributed by atoms with Crippen LogP contribution in [0.4, 0.5) is 5.82 Å². The highest BCUT2D eigenvalue weighted by molar-refractivity contribution is 5.57. The van der Waals surface area contributed by atoms with Gasteiger partial charge < -0.3 is 10.3 Å². The zero-order valence-electron chi connectivity index (χ0n) is 10.5. The van der Waals surface area contributed by atoms with Gasteiger partial charge in [0.05, 0.1) is 5.56 Å². The van der Waals surface area contributed by atoms with Gasteiger partial charge in [-0.3, -0.25) is 0 Å². The molecule has 0 aliphatic heterocycles. The Morgan fingerprint density at radius 3 is 2.44 bits per heavy atom. The van der Waals surface area contributed by atoms with E-state index in [1.54, 1.807) is 0 Å². The zero-order valence-corrected chi connectivity index (χ0v) is 10.5. The fourth-order valence-corrected chi connectivity index (χ4v) is 2.02. The number of nitrogens with two attached hydrogens (primary N) is 1. The maximum Gasteiger partial charge on any atom is 0.122 e. The van der Waals surface area contributed by atoms with E-state index in [1.807, 2.05) is 13.8 Å². The van der Waals surface area contributed by atoms with Gasteiger partial charge in [-0.2, -0.15) is 5.26 Å². The van der Waals surface area contributed by atoms with Crippen LogP contribution in [0.15, 0.2) is 0 Å². The molecule has 2 N–H and O–H groups in total. The summed E-state index contributed by atoms with van der Waals surface area (Å²) in [6.07, 6.45) is 4.87. The zero-order chi connectivity index (χ0) is 12.1. The molecule has 0 saturated heterocycles. The van der Waals surface area contributed by atoms with Gasteiger partial charge in [-0.15, -0.1) is 0 Å². The molecule has 16 heavy (non-hydrogen) atoms. The average Bonchev–Trinajstić information content (AvgIpc) is 2.47. The lowest BCUT2D eigenvalue weighted by Gasteiger charge is -2.08. The predicted octanol–water partition coefficient (Wildman–Crippen LogP) is 3.14. The maximum atomic E-state index is 9.00. The first-order valence-corrected chi connectivity index (χ1v) is 5.98. The first-order valence-electron chi connectivity index (χ1n) is 5.98. The highest BCUT2D eigenvalue weighted by atomic mass is 15.1. The second-order valence-electron chi connectivity index (χ2n) is 4.29. The molecule has 1 heterocycles. The third-order valence-corrected chi connectivity index (χ3v) is 3.22. The molecule has 0 unspecified atom stereocenters. The normalized spacial score (nSPS) is 10.4. The number of hydrogen-bond acceptors (Lipinski definition) is 2. The van der Waals surface area contributed by atoms with E-state index in [2.05, 4.69) is 17.6 Å². The monoisotopic (exact) mass is 219 g/mol. The van der Waals surface area contributed by atoms with E-state index in [1.165, 1.54) is 19.3 Å². The van der Waals surface area contributed by atoms with Crippen molar-refractivity contribution in [3.63, 3.8) is 0 Å². The second-order valence-corrected chi connectivity index (χ2v) is 4.29. The SMILES string of the molecule is CCCCCCn1c(C)c(C)c(C#N)c1N. The molecule has 0 saturated carbocycles. The lowest BCUT2D eigenvalue weighted by Crippen LogP contribution is -2.05. The molecule has 0 aromatic carbocycles. The van der Waals surface area contributed by atoms with Crippen molar-refractivity contribution < 1.29 is 0 Å². The number of nitrogen functional groups attached to an aromatic ring is 1. The third-order valence-electron chi connectivity index (χ3n) is 3.22. The van der Waals surface area contributed by atoms with Crippen LogP contribution in [0.25, 0.3) is 0 Å². The van der Waals surface area contributed by atoms with Gasteiger partial charge in [0.15, 0.2) is 0 Å². The highest BCUT2D eigenvalue weighted by Gasteiger charge is 2.14. The van der Waals surface area contributed by atoms with Gasteiger partial charge in [-0.25, -0.2) is 0 Å². The summed E-state index contributed by atoms with van der Waals surface area (Å²) in [7, 11) is 0. The highest BCUT2D eigenvalue weighted by Crippen LogP contribution is 2.23. The predicted molar refractivity (Wildman–Crippen MR) is 67.2 cm³/mol. The van der Waals surface area contributed by atoms with Crippen LogP contribution in [0.5, 0.6) is 0 Å². The summed E-state index contributed by atoms with van der Waals surface area (Å²) >= 11 is 0. The van der Waals surface area contributed by atoms with Gasteiger partial charge in [0.2, 0.25) is 0 Å². The van der Waals surface area contributed by atoms with E-state index in [9.17, 15) is 0 Å². The minimum Gasteiger partial charge on any atom is -0.384 e. The van der Waals surface area contributed by atoms with Gasteiger partial charge in [0.1, 0.15) is 11.9 Å². The van der Waals surface area contributed by atoms with E-state index < -0.39 is 0 Å². The third kappa shape index (κ3) is 2.38. The van der Waals surface area contributed by atoms with Crippen molar-refractivity contribution in [3.05, 3.63) is 16.8 Å². The summed E-state index contributed by atoms with van der Waals surface area (Å²) < 4.78 is 2.07. The summed E-state index contributed by atoms with van der Waals surface area (Å²) in [4.78, 5) is 0. The van der Waals surface area contributed by atoms with Crippen LogP contribution < -0.4 is 5.73 Å². The van der Waals surface area contributed by atoms with Crippen LogP contribution in [0.2, 0.25) is 0 Å². The molecule has 3 heteroatoms. The second kappa shape index (κ2) is 5.60. The summed E-state index contributed by atoms with van der Waals surface area (Å²) in [6.45, 7) is 7.13. The molecular formula is C13H21N3. The summed E-state index contributed by atoms with van der Waals surface area (Å²) in [6, 6.07) is 2.18. The molecule has 1 aromatic rings. The van der Waals surface area contributed by atoms with Crippen LogP contribution in [0.3, 0.4) is 0 Å². The Labute approximate surface area is 97.9 Å². The molecule has 0 radical (unpaired) electrons. The van der Waals surface area contributed by atoms with Gasteiger partial charge >= 0.3 is 0 Å².